The van der Waals surface area contributed by atoms with E-state index < -0.39 is 0 Å². The van der Waals surface area contributed by atoms with Gasteiger partial charge in [-0.05, 0) is 49.2 Å². The molecular weight excluding hydrogens is 300 g/mol. The molecule has 1 aromatic heterocycles. The van der Waals surface area contributed by atoms with Gasteiger partial charge in [0.2, 0.25) is 0 Å². The molecule has 1 saturated carbocycles. The Labute approximate surface area is 141 Å². The number of aliphatic hydroxyl groups excluding tert-OH is 1. The lowest BCUT2D eigenvalue weighted by molar-refractivity contribution is 0.0944. The van der Waals surface area contributed by atoms with Gasteiger partial charge in [-0.25, -0.2) is 0 Å². The number of pyridine rings is 1. The van der Waals surface area contributed by atoms with Crippen molar-refractivity contribution >= 4 is 22.4 Å². The number of hydrogen-bond donors (Lipinski definition) is 2. The summed E-state index contributed by atoms with van der Waals surface area (Å²) in [6.07, 6.45) is 10.4. The van der Waals surface area contributed by atoms with E-state index in [9.17, 15) is 4.79 Å². The first-order valence-electron chi connectivity index (χ1n) is 8.68. The summed E-state index contributed by atoms with van der Waals surface area (Å²) < 4.78 is 0. The standard InChI is InChI=1S/C20H22N2O2/c23-11-10-21-19(24)16-12-15-2-1-3-17(18(15)22-13-16)14-4-6-20(7-5-14)8-9-20/h1-4,12-13,23H,5-11H2,(H,21,24). The first-order valence-corrected chi connectivity index (χ1v) is 8.68. The van der Waals surface area contributed by atoms with E-state index in [1.165, 1.54) is 36.8 Å². The molecule has 0 aliphatic heterocycles. The van der Waals surface area contributed by atoms with E-state index in [4.69, 9.17) is 5.11 Å². The Hall–Kier alpha value is -2.20. The van der Waals surface area contributed by atoms with Crippen LogP contribution < -0.4 is 5.32 Å². The fourth-order valence-corrected chi connectivity index (χ4v) is 3.63. The number of carbonyl (C=O) groups excluding carboxylic acids is 1. The maximum absolute atomic E-state index is 12.0. The highest BCUT2D eigenvalue weighted by Gasteiger charge is 2.42. The van der Waals surface area contributed by atoms with Crippen LogP contribution in [0.5, 0.6) is 0 Å². The summed E-state index contributed by atoms with van der Waals surface area (Å²) in [5.74, 6) is -0.198. The van der Waals surface area contributed by atoms with Gasteiger partial charge in [-0.2, -0.15) is 0 Å². The van der Waals surface area contributed by atoms with Gasteiger partial charge < -0.3 is 10.4 Å². The third kappa shape index (κ3) is 2.82. The minimum atomic E-state index is -0.198. The van der Waals surface area contributed by atoms with Crippen LogP contribution in [0.2, 0.25) is 0 Å². The van der Waals surface area contributed by atoms with Crippen LogP contribution >= 0.6 is 0 Å². The Morgan fingerprint density at radius 2 is 2.17 bits per heavy atom. The number of para-hydroxylation sites is 1. The summed E-state index contributed by atoms with van der Waals surface area (Å²) in [5.41, 5.74) is 4.71. The Morgan fingerprint density at radius 1 is 1.29 bits per heavy atom. The van der Waals surface area contributed by atoms with E-state index in [1.54, 1.807) is 6.20 Å². The quantitative estimate of drug-likeness (QED) is 0.908. The summed E-state index contributed by atoms with van der Waals surface area (Å²) >= 11 is 0. The Kier molecular flexibility index (Phi) is 3.85. The SMILES string of the molecule is O=C(NCCO)c1cnc2c(C3=CCC4(CC3)CC4)cccc2c1. The van der Waals surface area contributed by atoms with Crippen LogP contribution in [0.4, 0.5) is 0 Å². The van der Waals surface area contributed by atoms with Crippen LogP contribution in [0.1, 0.15) is 48.0 Å². The number of benzene rings is 1. The number of fused-ring (bicyclic) bond motifs is 1. The molecule has 2 N–H and O–H groups in total. The van der Waals surface area contributed by atoms with E-state index >= 15 is 0 Å². The van der Waals surface area contributed by atoms with Crippen molar-refractivity contribution in [2.75, 3.05) is 13.2 Å². The lowest BCUT2D eigenvalue weighted by atomic mass is 9.84. The third-order valence-electron chi connectivity index (χ3n) is 5.38. The van der Waals surface area contributed by atoms with Gasteiger partial charge in [0.15, 0.2) is 0 Å². The highest BCUT2D eigenvalue weighted by atomic mass is 16.3. The van der Waals surface area contributed by atoms with Crippen LogP contribution in [0.25, 0.3) is 16.5 Å². The molecule has 0 atom stereocenters. The molecule has 4 rings (SSSR count). The van der Waals surface area contributed by atoms with Gasteiger partial charge in [0.1, 0.15) is 0 Å². The monoisotopic (exact) mass is 322 g/mol. The molecule has 1 fully saturated rings. The van der Waals surface area contributed by atoms with Gasteiger partial charge in [-0.15, -0.1) is 0 Å². The van der Waals surface area contributed by atoms with Gasteiger partial charge in [0, 0.05) is 23.7 Å². The smallest absolute Gasteiger partial charge is 0.252 e. The molecule has 1 amide bonds. The van der Waals surface area contributed by atoms with Crippen LogP contribution in [0, 0.1) is 5.41 Å². The van der Waals surface area contributed by atoms with E-state index in [0.29, 0.717) is 11.0 Å². The zero-order chi connectivity index (χ0) is 16.6. The molecule has 1 aromatic carbocycles. The number of aliphatic hydroxyl groups is 1. The van der Waals surface area contributed by atoms with Crippen molar-refractivity contribution in [3.05, 3.63) is 47.7 Å². The first-order chi connectivity index (χ1) is 11.7. The number of nitrogens with zero attached hydrogens (tertiary/aromatic N) is 1. The molecule has 2 aliphatic rings. The van der Waals surface area contributed by atoms with Crippen molar-refractivity contribution in [3.63, 3.8) is 0 Å². The van der Waals surface area contributed by atoms with Crippen LogP contribution in [-0.2, 0) is 0 Å². The topological polar surface area (TPSA) is 62.2 Å². The number of aromatic nitrogens is 1. The molecule has 0 bridgehead atoms. The van der Waals surface area contributed by atoms with Gasteiger partial charge >= 0.3 is 0 Å². The molecule has 1 heterocycles. The minimum absolute atomic E-state index is 0.0630. The summed E-state index contributed by atoms with van der Waals surface area (Å²) in [4.78, 5) is 16.6. The lowest BCUT2D eigenvalue weighted by Gasteiger charge is -2.21. The zero-order valence-corrected chi connectivity index (χ0v) is 13.7. The average Bonchev–Trinajstić information content (AvgIpc) is 3.38. The summed E-state index contributed by atoms with van der Waals surface area (Å²) in [7, 11) is 0. The second kappa shape index (κ2) is 6.02. The predicted molar refractivity (Wildman–Crippen MR) is 94.7 cm³/mol. The minimum Gasteiger partial charge on any atom is -0.395 e. The lowest BCUT2D eigenvalue weighted by Crippen LogP contribution is -2.26. The third-order valence-corrected chi connectivity index (χ3v) is 5.38. The second-order valence-corrected chi connectivity index (χ2v) is 7.01. The molecule has 2 aliphatic carbocycles. The van der Waals surface area contributed by atoms with E-state index in [0.717, 1.165) is 17.3 Å². The fraction of sp³-hybridized carbons (Fsp3) is 0.400. The highest BCUT2D eigenvalue weighted by Crippen LogP contribution is 2.56. The van der Waals surface area contributed by atoms with E-state index in [2.05, 4.69) is 22.4 Å². The van der Waals surface area contributed by atoms with Crippen molar-refractivity contribution in [2.24, 2.45) is 5.41 Å². The van der Waals surface area contributed by atoms with Crippen molar-refractivity contribution in [1.29, 1.82) is 0 Å². The number of rotatable bonds is 4. The molecule has 4 nitrogen and oxygen atoms in total. The number of nitrogens with one attached hydrogen (secondary N) is 1. The summed E-state index contributed by atoms with van der Waals surface area (Å²) in [6, 6.07) is 8.05. The van der Waals surface area contributed by atoms with Crippen molar-refractivity contribution in [2.45, 2.75) is 32.1 Å². The number of allylic oxidation sites excluding steroid dienone is 2. The Bertz CT molecular complexity index is 821. The molecule has 0 unspecified atom stereocenters. The van der Waals surface area contributed by atoms with Crippen LogP contribution in [0.3, 0.4) is 0 Å². The predicted octanol–water partition coefficient (Wildman–Crippen LogP) is 3.30. The average molecular weight is 322 g/mol. The normalized spacial score (nSPS) is 18.5. The fourth-order valence-electron chi connectivity index (χ4n) is 3.63. The zero-order valence-electron chi connectivity index (χ0n) is 13.7. The van der Waals surface area contributed by atoms with Crippen molar-refractivity contribution < 1.29 is 9.90 Å². The van der Waals surface area contributed by atoms with E-state index in [1.807, 2.05) is 18.2 Å². The van der Waals surface area contributed by atoms with Gasteiger partial charge in [0.05, 0.1) is 17.7 Å². The highest BCUT2D eigenvalue weighted by molar-refractivity contribution is 5.99. The maximum Gasteiger partial charge on any atom is 0.252 e. The molecule has 1 spiro atoms. The molecule has 4 heteroatoms. The van der Waals surface area contributed by atoms with Crippen LogP contribution in [0.15, 0.2) is 36.5 Å². The van der Waals surface area contributed by atoms with Gasteiger partial charge in [-0.1, -0.05) is 24.3 Å². The largest absolute Gasteiger partial charge is 0.395 e. The first kappa shape index (κ1) is 15.3. The molecule has 0 radical (unpaired) electrons. The molecular formula is C20H22N2O2. The number of amides is 1. The Balaban J connectivity index is 1.65. The summed E-state index contributed by atoms with van der Waals surface area (Å²) in [5, 5.41) is 12.5. The van der Waals surface area contributed by atoms with Crippen molar-refractivity contribution in [3.8, 4) is 0 Å². The number of hydrogen-bond acceptors (Lipinski definition) is 3. The Morgan fingerprint density at radius 3 is 2.88 bits per heavy atom. The molecule has 24 heavy (non-hydrogen) atoms. The van der Waals surface area contributed by atoms with Gasteiger partial charge in [-0.3, -0.25) is 9.78 Å². The summed E-state index contributed by atoms with van der Waals surface area (Å²) in [6.45, 7) is 0.193. The maximum atomic E-state index is 12.0. The van der Waals surface area contributed by atoms with Crippen molar-refractivity contribution in [1.82, 2.24) is 10.3 Å². The molecule has 2 aromatic rings. The molecule has 124 valence electrons. The van der Waals surface area contributed by atoms with Gasteiger partial charge in [0.25, 0.3) is 5.91 Å². The molecule has 0 saturated heterocycles. The number of carbonyl (C=O) groups is 1. The second-order valence-electron chi connectivity index (χ2n) is 7.01. The van der Waals surface area contributed by atoms with E-state index in [-0.39, 0.29) is 19.1 Å². The van der Waals surface area contributed by atoms with Crippen LogP contribution in [-0.4, -0.2) is 29.1 Å².